The van der Waals surface area contributed by atoms with Crippen LogP contribution in [0.2, 0.25) is 0 Å². The third-order valence-corrected chi connectivity index (χ3v) is 4.12. The number of aliphatic hydroxyl groups excluding tert-OH is 1. The van der Waals surface area contributed by atoms with Crippen LogP contribution in [0, 0.1) is 11.8 Å². The Labute approximate surface area is 110 Å². The lowest BCUT2D eigenvalue weighted by Crippen LogP contribution is -2.31. The van der Waals surface area contributed by atoms with Gasteiger partial charge in [-0.15, -0.1) is 0 Å². The van der Waals surface area contributed by atoms with Gasteiger partial charge in [0.05, 0.1) is 6.10 Å². The molecule has 0 amide bonds. The van der Waals surface area contributed by atoms with Gasteiger partial charge in [-0.25, -0.2) is 0 Å². The maximum absolute atomic E-state index is 10.0. The van der Waals surface area contributed by atoms with Crippen LogP contribution in [0.4, 0.5) is 0 Å². The van der Waals surface area contributed by atoms with E-state index in [-0.39, 0.29) is 0 Å². The van der Waals surface area contributed by atoms with Crippen LogP contribution in [0.25, 0.3) is 0 Å². The van der Waals surface area contributed by atoms with Gasteiger partial charge in [0.1, 0.15) is 0 Å². The van der Waals surface area contributed by atoms with Gasteiger partial charge in [-0.2, -0.15) is 0 Å². The molecule has 3 heteroatoms. The number of nitrogens with one attached hydrogen (secondary N) is 1. The average Bonchev–Trinajstić information content (AvgIpc) is 2.42. The first-order chi connectivity index (χ1) is 8.77. The van der Waals surface area contributed by atoms with Gasteiger partial charge >= 0.3 is 0 Å². The Hall–Kier alpha value is -0.930. The molecule has 2 rings (SSSR count). The topological polar surface area (TPSA) is 45.1 Å². The standard InChI is InChI=1S/C15H24N2O/c1-12-4-2-3-5-14(12)10-17-11-15(18)13-6-8-16-9-7-13/h6-9,12,14-15,17-18H,2-5,10-11H2,1H3/t12-,14+,15+/m1/s1. The molecule has 1 heterocycles. The number of hydrogen-bond donors (Lipinski definition) is 2. The lowest BCUT2D eigenvalue weighted by Gasteiger charge is -2.29. The number of aliphatic hydroxyl groups is 1. The molecule has 0 radical (unpaired) electrons. The Bertz CT molecular complexity index is 342. The summed E-state index contributed by atoms with van der Waals surface area (Å²) in [4.78, 5) is 3.96. The Balaban J connectivity index is 1.71. The summed E-state index contributed by atoms with van der Waals surface area (Å²) in [5.74, 6) is 1.60. The molecule has 0 spiro atoms. The molecule has 0 aromatic carbocycles. The largest absolute Gasteiger partial charge is 0.387 e. The lowest BCUT2D eigenvalue weighted by molar-refractivity contribution is 0.165. The molecule has 1 saturated carbocycles. The molecule has 0 bridgehead atoms. The lowest BCUT2D eigenvalue weighted by atomic mass is 9.80. The highest BCUT2D eigenvalue weighted by Crippen LogP contribution is 2.28. The normalized spacial score (nSPS) is 25.9. The quantitative estimate of drug-likeness (QED) is 0.841. The van der Waals surface area contributed by atoms with Crippen molar-refractivity contribution in [1.29, 1.82) is 0 Å². The number of pyridine rings is 1. The molecule has 3 atom stereocenters. The van der Waals surface area contributed by atoms with Crippen molar-refractivity contribution in [3.05, 3.63) is 30.1 Å². The van der Waals surface area contributed by atoms with E-state index in [0.717, 1.165) is 23.9 Å². The van der Waals surface area contributed by atoms with E-state index in [1.807, 2.05) is 12.1 Å². The summed E-state index contributed by atoms with van der Waals surface area (Å²) < 4.78 is 0. The maximum atomic E-state index is 10.0. The number of aromatic nitrogens is 1. The van der Waals surface area contributed by atoms with Gasteiger partial charge in [-0.05, 0) is 42.5 Å². The molecule has 0 aliphatic heterocycles. The molecular weight excluding hydrogens is 224 g/mol. The monoisotopic (exact) mass is 248 g/mol. The molecule has 18 heavy (non-hydrogen) atoms. The van der Waals surface area contributed by atoms with Gasteiger partial charge < -0.3 is 10.4 Å². The summed E-state index contributed by atoms with van der Waals surface area (Å²) >= 11 is 0. The fraction of sp³-hybridized carbons (Fsp3) is 0.667. The van der Waals surface area contributed by atoms with Crippen molar-refractivity contribution in [1.82, 2.24) is 10.3 Å². The van der Waals surface area contributed by atoms with Gasteiger partial charge in [-0.1, -0.05) is 26.2 Å². The number of rotatable bonds is 5. The summed E-state index contributed by atoms with van der Waals surface area (Å²) in [6.45, 7) is 4.02. The highest BCUT2D eigenvalue weighted by atomic mass is 16.3. The highest BCUT2D eigenvalue weighted by Gasteiger charge is 2.20. The fourth-order valence-corrected chi connectivity index (χ4v) is 2.81. The van der Waals surface area contributed by atoms with Gasteiger partial charge in [-0.3, -0.25) is 4.98 Å². The van der Waals surface area contributed by atoms with Crippen molar-refractivity contribution in [3.63, 3.8) is 0 Å². The number of nitrogens with zero attached hydrogens (tertiary/aromatic N) is 1. The Morgan fingerprint density at radius 2 is 2.06 bits per heavy atom. The summed E-state index contributed by atoms with van der Waals surface area (Å²) in [6.07, 6.45) is 8.47. The van der Waals surface area contributed by atoms with Gasteiger partial charge in [0, 0.05) is 18.9 Å². The minimum Gasteiger partial charge on any atom is -0.387 e. The zero-order valence-corrected chi connectivity index (χ0v) is 11.2. The summed E-state index contributed by atoms with van der Waals surface area (Å²) in [6, 6.07) is 3.74. The van der Waals surface area contributed by atoms with Gasteiger partial charge in [0.2, 0.25) is 0 Å². The maximum Gasteiger partial charge on any atom is 0.0915 e. The second-order valence-electron chi connectivity index (χ2n) is 5.48. The van der Waals surface area contributed by atoms with Crippen molar-refractivity contribution in [2.75, 3.05) is 13.1 Å². The predicted molar refractivity (Wildman–Crippen MR) is 73.2 cm³/mol. The molecule has 0 saturated heterocycles. The van der Waals surface area contributed by atoms with Crippen molar-refractivity contribution >= 4 is 0 Å². The first-order valence-corrected chi connectivity index (χ1v) is 7.06. The second kappa shape index (κ2) is 6.86. The SMILES string of the molecule is C[C@@H]1CCCC[C@H]1CNC[C@H](O)c1ccncc1. The van der Waals surface area contributed by atoms with Crippen LogP contribution in [-0.4, -0.2) is 23.2 Å². The Kier molecular flexibility index (Phi) is 5.14. The van der Waals surface area contributed by atoms with E-state index >= 15 is 0 Å². The third-order valence-electron chi connectivity index (χ3n) is 4.12. The van der Waals surface area contributed by atoms with E-state index in [2.05, 4.69) is 17.2 Å². The van der Waals surface area contributed by atoms with Crippen LogP contribution in [0.5, 0.6) is 0 Å². The van der Waals surface area contributed by atoms with Crippen LogP contribution in [0.3, 0.4) is 0 Å². The van der Waals surface area contributed by atoms with Crippen molar-refractivity contribution < 1.29 is 5.11 Å². The summed E-state index contributed by atoms with van der Waals surface area (Å²) in [5, 5.41) is 13.4. The molecule has 100 valence electrons. The van der Waals surface area contributed by atoms with Crippen molar-refractivity contribution in [2.24, 2.45) is 11.8 Å². The molecule has 0 unspecified atom stereocenters. The highest BCUT2D eigenvalue weighted by molar-refractivity contribution is 5.13. The van der Waals surface area contributed by atoms with Gasteiger partial charge in [0.15, 0.2) is 0 Å². The second-order valence-corrected chi connectivity index (χ2v) is 5.48. The van der Waals surface area contributed by atoms with Crippen LogP contribution in [-0.2, 0) is 0 Å². The molecule has 1 aliphatic carbocycles. The van der Waals surface area contributed by atoms with E-state index < -0.39 is 6.10 Å². The van der Waals surface area contributed by atoms with Crippen LogP contribution >= 0.6 is 0 Å². The Morgan fingerprint density at radius 3 is 2.78 bits per heavy atom. The molecule has 1 aliphatic rings. The Morgan fingerprint density at radius 1 is 1.33 bits per heavy atom. The zero-order valence-electron chi connectivity index (χ0n) is 11.2. The molecule has 3 nitrogen and oxygen atoms in total. The fourth-order valence-electron chi connectivity index (χ4n) is 2.81. The molecule has 2 N–H and O–H groups in total. The van der Waals surface area contributed by atoms with E-state index in [1.54, 1.807) is 12.4 Å². The molecule has 1 aromatic rings. The predicted octanol–water partition coefficient (Wildman–Crippen LogP) is 2.53. The first-order valence-electron chi connectivity index (χ1n) is 7.06. The minimum absolute atomic E-state index is 0.424. The van der Waals surface area contributed by atoms with Crippen LogP contribution < -0.4 is 5.32 Å². The van der Waals surface area contributed by atoms with Crippen LogP contribution in [0.15, 0.2) is 24.5 Å². The van der Waals surface area contributed by atoms with Crippen molar-refractivity contribution in [2.45, 2.75) is 38.7 Å². The minimum atomic E-state index is -0.424. The third kappa shape index (κ3) is 3.79. The van der Waals surface area contributed by atoms with E-state index in [1.165, 1.54) is 25.7 Å². The summed E-state index contributed by atoms with van der Waals surface area (Å²) in [7, 11) is 0. The average molecular weight is 248 g/mol. The molecule has 1 aromatic heterocycles. The van der Waals surface area contributed by atoms with E-state index in [9.17, 15) is 5.11 Å². The molecule has 1 fully saturated rings. The molecular formula is C15H24N2O. The number of hydrogen-bond acceptors (Lipinski definition) is 3. The van der Waals surface area contributed by atoms with Crippen molar-refractivity contribution in [3.8, 4) is 0 Å². The smallest absolute Gasteiger partial charge is 0.0915 e. The van der Waals surface area contributed by atoms with Crippen LogP contribution in [0.1, 0.15) is 44.3 Å². The first kappa shape index (κ1) is 13.5. The van der Waals surface area contributed by atoms with E-state index in [4.69, 9.17) is 0 Å². The van der Waals surface area contributed by atoms with Gasteiger partial charge in [0.25, 0.3) is 0 Å². The zero-order chi connectivity index (χ0) is 12.8. The summed E-state index contributed by atoms with van der Waals surface area (Å²) in [5.41, 5.74) is 0.939. The van der Waals surface area contributed by atoms with E-state index in [0.29, 0.717) is 6.54 Å².